The lowest BCUT2D eigenvalue weighted by molar-refractivity contribution is 0.108. The lowest BCUT2D eigenvalue weighted by Crippen LogP contribution is -2.07. The average Bonchev–Trinajstić information content (AvgIpc) is 2.39. The molecule has 0 aliphatic carbocycles. The van der Waals surface area contributed by atoms with Crippen LogP contribution in [0.2, 0.25) is 0 Å². The molecule has 3 heteroatoms. The minimum absolute atomic E-state index is 0.147. The summed E-state index contributed by atoms with van der Waals surface area (Å²) < 4.78 is 5.21. The highest BCUT2D eigenvalue weighted by Gasteiger charge is 2.14. The molecule has 0 radical (unpaired) electrons. The first-order chi connectivity index (χ1) is 9.92. The molecule has 1 unspecified atom stereocenters. The Bertz CT molecular complexity index is 667. The van der Waals surface area contributed by atoms with Crippen LogP contribution < -0.4 is 10.0 Å². The van der Waals surface area contributed by atoms with E-state index in [1.807, 2.05) is 39.0 Å². The van der Waals surface area contributed by atoms with E-state index in [2.05, 4.69) is 19.1 Å². The SMILES string of the molecule is COc1ccc(PC(=O)c2c(C)cc(C)cc2C)c(C)c1. The molecular weight excluding hydrogens is 279 g/mol. The lowest BCUT2D eigenvalue weighted by atomic mass is 10.0. The zero-order chi connectivity index (χ0) is 15.6. The third-order valence-electron chi connectivity index (χ3n) is 3.59. The van der Waals surface area contributed by atoms with Crippen molar-refractivity contribution in [2.24, 2.45) is 0 Å². The predicted molar refractivity (Wildman–Crippen MR) is 90.7 cm³/mol. The van der Waals surface area contributed by atoms with E-state index >= 15 is 0 Å². The second kappa shape index (κ2) is 6.41. The molecule has 1 atom stereocenters. The summed E-state index contributed by atoms with van der Waals surface area (Å²) >= 11 is 0. The van der Waals surface area contributed by atoms with E-state index in [-0.39, 0.29) is 14.1 Å². The number of carbonyl (C=O) groups excluding carboxylic acids is 1. The van der Waals surface area contributed by atoms with Crippen LogP contribution in [0.15, 0.2) is 30.3 Å². The molecule has 0 aliphatic heterocycles. The van der Waals surface area contributed by atoms with Crippen LogP contribution in [-0.2, 0) is 0 Å². The van der Waals surface area contributed by atoms with Crippen LogP contribution in [0.3, 0.4) is 0 Å². The van der Waals surface area contributed by atoms with Gasteiger partial charge in [0.2, 0.25) is 0 Å². The number of methoxy groups -OCH3 is 1. The van der Waals surface area contributed by atoms with E-state index in [0.717, 1.165) is 33.3 Å². The quantitative estimate of drug-likeness (QED) is 0.796. The summed E-state index contributed by atoms with van der Waals surface area (Å²) in [5.41, 5.74) is 5.51. The van der Waals surface area contributed by atoms with Crippen molar-refractivity contribution in [1.29, 1.82) is 0 Å². The zero-order valence-electron chi connectivity index (χ0n) is 13.2. The van der Waals surface area contributed by atoms with Crippen LogP contribution in [0.5, 0.6) is 5.75 Å². The minimum atomic E-state index is 0.147. The molecule has 0 amide bonds. The third-order valence-corrected chi connectivity index (χ3v) is 4.89. The Labute approximate surface area is 128 Å². The number of benzene rings is 2. The maximum atomic E-state index is 12.7. The number of aryl methyl sites for hydroxylation is 4. The van der Waals surface area contributed by atoms with Gasteiger partial charge in [0.05, 0.1) is 7.11 Å². The fourth-order valence-electron chi connectivity index (χ4n) is 2.63. The number of hydrogen-bond donors (Lipinski definition) is 0. The van der Waals surface area contributed by atoms with Crippen LogP contribution in [0, 0.1) is 27.7 Å². The van der Waals surface area contributed by atoms with Gasteiger partial charge in [0.1, 0.15) is 5.75 Å². The minimum Gasteiger partial charge on any atom is -0.497 e. The second-order valence-corrected chi connectivity index (χ2v) is 6.65. The molecule has 2 nitrogen and oxygen atoms in total. The number of carbonyl (C=O) groups is 1. The first-order valence-electron chi connectivity index (χ1n) is 6.96. The highest BCUT2D eigenvalue weighted by Crippen LogP contribution is 2.27. The van der Waals surface area contributed by atoms with Crippen molar-refractivity contribution < 1.29 is 9.53 Å². The molecule has 0 spiro atoms. The fourth-order valence-corrected chi connectivity index (χ4v) is 3.83. The Hall–Kier alpha value is -1.66. The van der Waals surface area contributed by atoms with Crippen molar-refractivity contribution >= 4 is 19.4 Å². The molecule has 0 N–H and O–H groups in total. The lowest BCUT2D eigenvalue weighted by Gasteiger charge is -2.12. The predicted octanol–water partition coefficient (Wildman–Crippen LogP) is 4.07. The van der Waals surface area contributed by atoms with Crippen molar-refractivity contribution in [2.75, 3.05) is 7.11 Å². The summed E-state index contributed by atoms with van der Waals surface area (Å²) in [6, 6.07) is 10.0. The smallest absolute Gasteiger partial charge is 0.186 e. The number of rotatable bonds is 4. The third kappa shape index (κ3) is 3.51. The van der Waals surface area contributed by atoms with Gasteiger partial charge in [0.15, 0.2) is 5.52 Å². The van der Waals surface area contributed by atoms with Gasteiger partial charge in [0, 0.05) is 5.56 Å². The normalized spacial score (nSPS) is 11.1. The fraction of sp³-hybridized carbons (Fsp3) is 0.278. The zero-order valence-corrected chi connectivity index (χ0v) is 14.2. The monoisotopic (exact) mass is 300 g/mol. The van der Waals surface area contributed by atoms with Gasteiger partial charge in [-0.25, -0.2) is 0 Å². The summed E-state index contributed by atoms with van der Waals surface area (Å²) in [6.45, 7) is 8.11. The van der Waals surface area contributed by atoms with Crippen LogP contribution in [0.1, 0.15) is 32.6 Å². The first kappa shape index (κ1) is 15.7. The summed E-state index contributed by atoms with van der Waals surface area (Å²) in [7, 11) is 1.80. The van der Waals surface area contributed by atoms with Crippen molar-refractivity contribution in [2.45, 2.75) is 27.7 Å². The van der Waals surface area contributed by atoms with E-state index in [0.29, 0.717) is 0 Å². The molecule has 0 bridgehead atoms. The summed E-state index contributed by atoms with van der Waals surface area (Å²) in [5, 5.41) is 1.08. The van der Waals surface area contributed by atoms with Gasteiger partial charge in [-0.2, -0.15) is 0 Å². The van der Waals surface area contributed by atoms with E-state index < -0.39 is 0 Å². The first-order valence-corrected chi connectivity index (χ1v) is 7.96. The molecule has 0 fully saturated rings. The van der Waals surface area contributed by atoms with Gasteiger partial charge < -0.3 is 4.74 Å². The molecule has 0 saturated carbocycles. The Morgan fingerprint density at radius 3 is 2.10 bits per heavy atom. The van der Waals surface area contributed by atoms with Crippen LogP contribution in [-0.4, -0.2) is 12.6 Å². The maximum absolute atomic E-state index is 12.7. The molecule has 110 valence electrons. The summed E-state index contributed by atoms with van der Waals surface area (Å²) in [4.78, 5) is 12.7. The molecule has 0 saturated heterocycles. The molecule has 2 aromatic carbocycles. The molecule has 21 heavy (non-hydrogen) atoms. The topological polar surface area (TPSA) is 26.3 Å². The molecular formula is C18H21O2P. The molecule has 0 aromatic heterocycles. The van der Waals surface area contributed by atoms with Gasteiger partial charge in [-0.05, 0) is 70.4 Å². The molecule has 0 heterocycles. The molecule has 2 aromatic rings. The van der Waals surface area contributed by atoms with Gasteiger partial charge in [0.25, 0.3) is 0 Å². The van der Waals surface area contributed by atoms with Gasteiger partial charge in [-0.3, -0.25) is 4.79 Å². The van der Waals surface area contributed by atoms with Crippen molar-refractivity contribution in [1.82, 2.24) is 0 Å². The molecule has 0 aliphatic rings. The van der Waals surface area contributed by atoms with E-state index in [1.54, 1.807) is 7.11 Å². The Kier molecular flexibility index (Phi) is 4.80. The highest BCUT2D eigenvalue weighted by atomic mass is 31.1. The second-order valence-electron chi connectivity index (χ2n) is 5.41. The van der Waals surface area contributed by atoms with Crippen LogP contribution >= 0.6 is 8.58 Å². The van der Waals surface area contributed by atoms with Crippen molar-refractivity contribution in [3.05, 3.63) is 58.1 Å². The van der Waals surface area contributed by atoms with Crippen LogP contribution in [0.4, 0.5) is 0 Å². The number of hydrogen-bond acceptors (Lipinski definition) is 2. The van der Waals surface area contributed by atoms with E-state index in [4.69, 9.17) is 4.74 Å². The summed E-state index contributed by atoms with van der Waals surface area (Å²) in [6.07, 6.45) is 0. The van der Waals surface area contributed by atoms with E-state index in [9.17, 15) is 4.79 Å². The Morgan fingerprint density at radius 1 is 0.952 bits per heavy atom. The molecule has 2 rings (SSSR count). The number of ether oxygens (including phenoxy) is 1. The van der Waals surface area contributed by atoms with E-state index in [1.165, 1.54) is 5.56 Å². The largest absolute Gasteiger partial charge is 0.497 e. The standard InChI is InChI=1S/C18H21O2P/c1-11-8-13(3)17(14(4)9-11)18(19)21-16-7-6-15(20-5)10-12(16)2/h6-10,21H,1-5H3. The Morgan fingerprint density at radius 2 is 1.57 bits per heavy atom. The van der Waals surface area contributed by atoms with Crippen molar-refractivity contribution in [3.63, 3.8) is 0 Å². The van der Waals surface area contributed by atoms with Crippen LogP contribution in [0.25, 0.3) is 0 Å². The Balaban J connectivity index is 2.30. The highest BCUT2D eigenvalue weighted by molar-refractivity contribution is 7.66. The van der Waals surface area contributed by atoms with Gasteiger partial charge in [-0.1, -0.05) is 23.8 Å². The van der Waals surface area contributed by atoms with Gasteiger partial charge in [-0.15, -0.1) is 0 Å². The average molecular weight is 300 g/mol. The van der Waals surface area contributed by atoms with Crippen molar-refractivity contribution in [3.8, 4) is 5.75 Å². The summed E-state index contributed by atoms with van der Waals surface area (Å²) in [5.74, 6) is 0.830. The maximum Gasteiger partial charge on any atom is 0.186 e. The van der Waals surface area contributed by atoms with Gasteiger partial charge >= 0.3 is 0 Å².